The van der Waals surface area contributed by atoms with Crippen molar-refractivity contribution in [2.45, 2.75) is 229 Å². The summed E-state index contributed by atoms with van der Waals surface area (Å²) >= 11 is 0. The number of ether oxygens (including phenoxy) is 4. The zero-order valence-electron chi connectivity index (χ0n) is 58.6. The van der Waals surface area contributed by atoms with Crippen LogP contribution in [0.4, 0.5) is 5.69 Å². The topological polar surface area (TPSA) is 266 Å². The van der Waals surface area contributed by atoms with Gasteiger partial charge in [0.2, 0.25) is 17.7 Å². The van der Waals surface area contributed by atoms with Gasteiger partial charge < -0.3 is 34.9 Å². The summed E-state index contributed by atoms with van der Waals surface area (Å²) in [7, 11) is 0. The third-order valence-electron chi connectivity index (χ3n) is 15.3. The van der Waals surface area contributed by atoms with Crippen molar-refractivity contribution in [1.82, 2.24) is 10.6 Å². The monoisotopic (exact) mass is 1370 g/mol. The van der Waals surface area contributed by atoms with E-state index in [1.54, 1.807) is 44.2 Å². The van der Waals surface area contributed by atoms with Crippen LogP contribution in [-0.4, -0.2) is 132 Å². The molecule has 3 rings (SSSR count). The minimum atomic E-state index is -0.571. The fourth-order valence-electron chi connectivity index (χ4n) is 7.51. The molecule has 1 aromatic carbocycles. The minimum Gasteiger partial charge on any atom is -0.463 e. The normalized spacial score (nSPS) is 16.4. The summed E-state index contributed by atoms with van der Waals surface area (Å²) < 4.78 is 20.6. The number of anilines is 1. The molecule has 2 aliphatic carbocycles. The second kappa shape index (κ2) is 52.9. The number of nitrogens with one attached hydrogen (secondary N) is 3. The summed E-state index contributed by atoms with van der Waals surface area (Å²) in [4.78, 5) is 125. The van der Waals surface area contributed by atoms with Gasteiger partial charge in [-0.25, -0.2) is 43.9 Å². The molecule has 96 heavy (non-hydrogen) atoms. The lowest BCUT2D eigenvalue weighted by Gasteiger charge is -2.35. The molecule has 556 valence electrons. The highest BCUT2D eigenvalue weighted by Gasteiger charge is 2.40. The molecule has 2 atom stereocenters. The molecule has 0 radical (unpaired) electrons. The van der Waals surface area contributed by atoms with E-state index in [4.69, 9.17) is 58.0 Å². The summed E-state index contributed by atoms with van der Waals surface area (Å²) in [6, 6.07) is 6.47. The van der Waals surface area contributed by atoms with Crippen LogP contribution < -0.4 is 16.0 Å². The maximum atomic E-state index is 12.7. The van der Waals surface area contributed by atoms with Gasteiger partial charge in [0.15, 0.2) is 0 Å². The van der Waals surface area contributed by atoms with E-state index in [0.29, 0.717) is 50.3 Å². The molecule has 22 heteroatoms. The quantitative estimate of drug-likeness (QED) is 0.0139. The Morgan fingerprint density at radius 1 is 0.458 bits per heavy atom. The fraction of sp³-hybridized carbons (Fsp3) is 0.689. The van der Waals surface area contributed by atoms with Crippen molar-refractivity contribution in [3.05, 3.63) is 91.1 Å². The Kier molecular flexibility index (Phi) is 54.3. The average molecular weight is 1370 g/mol. The van der Waals surface area contributed by atoms with E-state index in [2.05, 4.69) is 48.8 Å². The van der Waals surface area contributed by atoms with E-state index in [1.807, 2.05) is 96.9 Å². The highest BCUT2D eigenvalue weighted by molar-refractivity contribution is 5.96. The van der Waals surface area contributed by atoms with Crippen molar-refractivity contribution in [3.63, 3.8) is 0 Å². The fourth-order valence-corrected chi connectivity index (χ4v) is 7.51. The van der Waals surface area contributed by atoms with Crippen LogP contribution in [0.3, 0.4) is 0 Å². The third kappa shape index (κ3) is 43.9. The van der Waals surface area contributed by atoms with E-state index in [-0.39, 0.29) is 142 Å². The lowest BCUT2D eigenvalue weighted by atomic mass is 9.78. The second-order valence-corrected chi connectivity index (χ2v) is 26.0. The number of esters is 4. The van der Waals surface area contributed by atoms with E-state index >= 15 is 0 Å². The Hall–Kier alpha value is -6.11. The van der Waals surface area contributed by atoms with Gasteiger partial charge in [0, 0.05) is 34.0 Å². The van der Waals surface area contributed by atoms with Crippen LogP contribution in [0.25, 0.3) is 0 Å². The zero-order chi connectivity index (χ0) is 70.1. The predicted molar refractivity (Wildman–Crippen MR) is 381 cm³/mol. The number of rotatable bonds is 38. The summed E-state index contributed by atoms with van der Waals surface area (Å²) in [5.74, 6) is -2.70. The molecular formula is C74H131N3O19. The van der Waals surface area contributed by atoms with Gasteiger partial charge in [-0.15, -0.1) is 0 Å². The third-order valence-corrected chi connectivity index (χ3v) is 15.3. The van der Waals surface area contributed by atoms with Gasteiger partial charge in [-0.3, -0.25) is 28.8 Å². The van der Waals surface area contributed by atoms with Gasteiger partial charge in [-0.2, -0.15) is 0 Å². The van der Waals surface area contributed by atoms with Gasteiger partial charge in [0.1, 0.15) is 72.7 Å². The molecule has 0 aliphatic heterocycles. The zero-order valence-corrected chi connectivity index (χ0v) is 58.6. The standard InChI is InChI=1S/C26H43NO9.C19H27NO5.C16H29NO3.C9H16O2.4CH4/c1-8-26(6,7)25(30)27-22-14-20(23(28)31-9-11-33-35-16-18(2)3)13-21(15-22)24(29)32-10-12-34-36-17-19(4)5;1-6-19(4,5)18(22)20-16-9-7-15(8-10-16)17(21)23-11-12-24-25-13-14(2)3;1-6-16(4,5)15(18)17-13-7-9-14(10-8-13)20-19-11-12(2)3;1-5-7-11-8(10)9(3,4)6-2;;;;/h20-22H,2,4,8-17H2,1,3,5-7H3,(H,27,30);7-10H,2,6,11-13H2,1,3-5H3,(H,20,22);13-14H,2,6-11H2,1,3-5H3,(H,17,18);5H,1,6-7H2,2-4H3;4*1H4. The number of carbonyl (C=O) groups is 7. The lowest BCUT2D eigenvalue weighted by molar-refractivity contribution is -0.323. The first-order chi connectivity index (χ1) is 43.1. The summed E-state index contributed by atoms with van der Waals surface area (Å²) in [6.45, 7) is 50.6. The molecule has 0 spiro atoms. The van der Waals surface area contributed by atoms with Crippen molar-refractivity contribution >= 4 is 47.3 Å². The van der Waals surface area contributed by atoms with Crippen LogP contribution in [0, 0.1) is 33.5 Å². The van der Waals surface area contributed by atoms with Crippen molar-refractivity contribution in [1.29, 1.82) is 0 Å². The maximum absolute atomic E-state index is 12.7. The van der Waals surface area contributed by atoms with Crippen molar-refractivity contribution in [2.24, 2.45) is 33.5 Å². The number of hydrogen-bond acceptors (Lipinski definition) is 19. The Morgan fingerprint density at radius 3 is 1.20 bits per heavy atom. The molecule has 3 amide bonds. The number of benzene rings is 1. The smallest absolute Gasteiger partial charge is 0.338 e. The lowest BCUT2D eigenvalue weighted by Crippen LogP contribution is -2.48. The van der Waals surface area contributed by atoms with Crippen LogP contribution in [0.5, 0.6) is 0 Å². The van der Waals surface area contributed by atoms with Gasteiger partial charge in [-0.1, -0.05) is 160 Å². The van der Waals surface area contributed by atoms with Crippen LogP contribution in [-0.2, 0) is 86.8 Å². The predicted octanol–water partition coefficient (Wildman–Crippen LogP) is 15.3. The molecule has 3 N–H and O–H groups in total. The van der Waals surface area contributed by atoms with Crippen LogP contribution in [0.2, 0.25) is 0 Å². The second-order valence-electron chi connectivity index (χ2n) is 26.0. The SMILES string of the molecule is C.C.C.C.C=C(C)COOC1CCC(NC(=O)C(C)(C)CC)CC1.C=C(C)COOCCOC(=O)C1CC(NC(=O)C(C)(C)CC)CC(C(=O)OCCOOCC(=C)C)C1.C=C(C)COOCCOC(=O)c1ccc(NC(=O)C(C)(C)CC)cc1.C=CCOC(=O)C(C)(C)CC. The largest absolute Gasteiger partial charge is 0.463 e. The van der Waals surface area contributed by atoms with Crippen molar-refractivity contribution < 1.29 is 91.6 Å². The van der Waals surface area contributed by atoms with Gasteiger partial charge >= 0.3 is 23.9 Å². The van der Waals surface area contributed by atoms with Crippen molar-refractivity contribution in [3.8, 4) is 0 Å². The molecular weight excluding hydrogens is 1230 g/mol. The highest BCUT2D eigenvalue weighted by atomic mass is 17.2. The first-order valence-electron chi connectivity index (χ1n) is 32.0. The first-order valence-corrected chi connectivity index (χ1v) is 32.0. The Morgan fingerprint density at radius 2 is 0.823 bits per heavy atom. The summed E-state index contributed by atoms with van der Waals surface area (Å²) in [5.41, 5.74) is 2.79. The maximum Gasteiger partial charge on any atom is 0.338 e. The number of amides is 3. The highest BCUT2D eigenvalue weighted by Crippen LogP contribution is 2.33. The average Bonchev–Trinajstić information content (AvgIpc) is 0.856. The van der Waals surface area contributed by atoms with E-state index in [0.717, 1.165) is 67.2 Å². The summed E-state index contributed by atoms with van der Waals surface area (Å²) in [5, 5.41) is 9.00. The molecule has 2 saturated carbocycles. The Bertz CT molecular complexity index is 2400. The van der Waals surface area contributed by atoms with E-state index in [1.165, 1.54) is 0 Å². The van der Waals surface area contributed by atoms with E-state index < -0.39 is 40.6 Å². The van der Waals surface area contributed by atoms with E-state index in [9.17, 15) is 33.6 Å². The molecule has 22 nitrogen and oxygen atoms in total. The van der Waals surface area contributed by atoms with Crippen LogP contribution in [0.15, 0.2) is 85.5 Å². The molecule has 0 heterocycles. The minimum absolute atomic E-state index is 0. The molecule has 2 unspecified atom stereocenters. The van der Waals surface area contributed by atoms with Crippen LogP contribution >= 0.6 is 0 Å². The Labute approximate surface area is 579 Å². The number of hydrogen-bond donors (Lipinski definition) is 3. The van der Waals surface area contributed by atoms with Crippen LogP contribution in [0.1, 0.15) is 221 Å². The molecule has 0 aromatic heterocycles. The molecule has 0 saturated heterocycles. The van der Waals surface area contributed by atoms with Gasteiger partial charge in [0.25, 0.3) is 0 Å². The van der Waals surface area contributed by atoms with Gasteiger partial charge in [-0.05, 0) is 136 Å². The number of carbonyl (C=O) groups excluding carboxylic acids is 7. The van der Waals surface area contributed by atoms with Gasteiger partial charge in [0.05, 0.1) is 28.9 Å². The molecule has 2 aliphatic rings. The summed E-state index contributed by atoms with van der Waals surface area (Å²) in [6.07, 6.45) is 9.52. The Balaban J connectivity index is -0.000000404. The first kappa shape index (κ1) is 98.6. The molecule has 2 fully saturated rings. The van der Waals surface area contributed by atoms with Crippen molar-refractivity contribution in [2.75, 3.05) is 78.0 Å². The molecule has 1 aromatic rings. The molecule has 0 bridgehead atoms.